The number of carbonyl (C=O) groups excluding carboxylic acids is 1. The van der Waals surface area contributed by atoms with Crippen molar-refractivity contribution in [2.75, 3.05) is 20.8 Å². The third-order valence-corrected chi connectivity index (χ3v) is 6.56. The maximum atomic E-state index is 11.1. The molecule has 2 aromatic carbocycles. The number of rotatable bonds is 5. The van der Waals surface area contributed by atoms with Crippen molar-refractivity contribution in [2.24, 2.45) is 0 Å². The third kappa shape index (κ3) is 9.43. The maximum Gasteiger partial charge on any atom is 0.257 e. The predicted octanol–water partition coefficient (Wildman–Crippen LogP) is 7.03. The number of phenolic OH excluding ortho intramolecular Hbond substituents is 2. The van der Waals surface area contributed by atoms with Gasteiger partial charge in [0.2, 0.25) is 0 Å². The van der Waals surface area contributed by atoms with E-state index in [9.17, 15) is 15.0 Å². The van der Waals surface area contributed by atoms with Crippen molar-refractivity contribution >= 4 is 75.7 Å². The van der Waals surface area contributed by atoms with E-state index in [1.165, 1.54) is 6.07 Å². The molecule has 172 valence electrons. The van der Waals surface area contributed by atoms with Crippen LogP contribution in [0.4, 0.5) is 0 Å². The van der Waals surface area contributed by atoms with Crippen molar-refractivity contribution in [1.29, 1.82) is 0 Å². The number of carbonyl (C=O) groups is 1. The lowest BCUT2D eigenvalue weighted by atomic mass is 10.2. The number of hydrogen-bond acceptors (Lipinski definition) is 5. The molecule has 3 N–H and O–H groups in total. The molecule has 0 saturated heterocycles. The Balaban J connectivity index is 0.000000547. The SMILES string of the molecule is C/C=C\c1cc(O)c(O)c(Br)c1Br.CC.CNC(=O)COc1c(Br)cc(Br)cc1OC. The third-order valence-electron chi connectivity index (χ3n) is 3.36. The number of halogens is 4. The summed E-state index contributed by atoms with van der Waals surface area (Å²) in [5.41, 5.74) is 0.810. The number of hydrogen-bond donors (Lipinski definition) is 3. The van der Waals surface area contributed by atoms with E-state index in [0.717, 1.165) is 19.0 Å². The van der Waals surface area contributed by atoms with E-state index in [4.69, 9.17) is 9.47 Å². The zero-order chi connectivity index (χ0) is 24.1. The first kappa shape index (κ1) is 29.8. The molecule has 1 amide bonds. The van der Waals surface area contributed by atoms with E-state index in [-0.39, 0.29) is 24.0 Å². The molecule has 10 heteroatoms. The van der Waals surface area contributed by atoms with Crippen LogP contribution >= 0.6 is 63.7 Å². The van der Waals surface area contributed by atoms with Crippen molar-refractivity contribution in [3.8, 4) is 23.0 Å². The lowest BCUT2D eigenvalue weighted by Crippen LogP contribution is -2.25. The Morgan fingerprint density at radius 2 is 1.71 bits per heavy atom. The molecule has 6 nitrogen and oxygen atoms in total. The predicted molar refractivity (Wildman–Crippen MR) is 139 cm³/mol. The van der Waals surface area contributed by atoms with Crippen LogP contribution in [0, 0.1) is 0 Å². The molecule has 0 fully saturated rings. The van der Waals surface area contributed by atoms with Crippen molar-refractivity contribution in [3.05, 3.63) is 47.7 Å². The molecule has 0 heterocycles. The van der Waals surface area contributed by atoms with Crippen LogP contribution < -0.4 is 14.8 Å². The first-order chi connectivity index (χ1) is 14.7. The van der Waals surface area contributed by atoms with Gasteiger partial charge in [0.05, 0.1) is 16.1 Å². The van der Waals surface area contributed by atoms with Gasteiger partial charge < -0.3 is 25.0 Å². The van der Waals surface area contributed by atoms with Gasteiger partial charge in [-0.1, -0.05) is 41.9 Å². The van der Waals surface area contributed by atoms with Crippen LogP contribution in [-0.2, 0) is 4.79 Å². The molecule has 2 aromatic rings. The number of nitrogens with one attached hydrogen (secondary N) is 1. The highest BCUT2D eigenvalue weighted by Crippen LogP contribution is 2.41. The van der Waals surface area contributed by atoms with Gasteiger partial charge in [0, 0.05) is 16.0 Å². The van der Waals surface area contributed by atoms with Crippen molar-refractivity contribution in [1.82, 2.24) is 5.32 Å². The summed E-state index contributed by atoms with van der Waals surface area (Å²) in [5.74, 6) is 0.583. The quantitative estimate of drug-likeness (QED) is 0.294. The molecule has 0 spiro atoms. The molecule has 0 unspecified atom stereocenters. The van der Waals surface area contributed by atoms with Gasteiger partial charge in [-0.05, 0) is 78.5 Å². The van der Waals surface area contributed by atoms with E-state index in [2.05, 4.69) is 69.0 Å². The smallest absolute Gasteiger partial charge is 0.257 e. The minimum atomic E-state index is -0.197. The van der Waals surface area contributed by atoms with Crippen LogP contribution in [0.5, 0.6) is 23.0 Å². The fourth-order valence-corrected chi connectivity index (χ4v) is 4.13. The first-order valence-electron chi connectivity index (χ1n) is 9.05. The van der Waals surface area contributed by atoms with Crippen LogP contribution in [-0.4, -0.2) is 36.9 Å². The summed E-state index contributed by atoms with van der Waals surface area (Å²) < 4.78 is 13.3. The molecule has 31 heavy (non-hydrogen) atoms. The van der Waals surface area contributed by atoms with Crippen LogP contribution in [0.2, 0.25) is 0 Å². The Bertz CT molecular complexity index is 904. The summed E-state index contributed by atoms with van der Waals surface area (Å²) in [4.78, 5) is 11.1. The minimum Gasteiger partial charge on any atom is -0.504 e. The summed E-state index contributed by atoms with van der Waals surface area (Å²) in [6.07, 6.45) is 3.68. The van der Waals surface area contributed by atoms with Gasteiger partial charge in [0.15, 0.2) is 29.6 Å². The Hall–Kier alpha value is -1.23. The molecule has 0 aliphatic carbocycles. The second-order valence-electron chi connectivity index (χ2n) is 5.34. The standard InChI is InChI=1S/C10H11Br2NO3.C9H8Br2O2.C2H6/c1-13-9(14)5-16-10-7(12)3-6(11)4-8(10)15-2;1-2-3-5-4-6(12)9(13)8(11)7(5)10;1-2/h3-4H,5H2,1-2H3,(H,13,14);2-4,12-13H,1H3;1-2H3/b;3-2-;. The number of benzene rings is 2. The molecule has 0 radical (unpaired) electrons. The topological polar surface area (TPSA) is 88.0 Å². The zero-order valence-electron chi connectivity index (χ0n) is 17.7. The van der Waals surface area contributed by atoms with Crippen LogP contribution in [0.15, 0.2) is 42.2 Å². The molecule has 0 saturated carbocycles. The Labute approximate surface area is 216 Å². The van der Waals surface area contributed by atoms with E-state index < -0.39 is 0 Å². The number of likely N-dealkylation sites (N-methyl/N-ethyl adjacent to an activating group) is 1. The summed E-state index contributed by atoms with van der Waals surface area (Å²) in [6.45, 7) is 5.83. The van der Waals surface area contributed by atoms with Gasteiger partial charge in [0.25, 0.3) is 5.91 Å². The average molecular weight is 691 g/mol. The summed E-state index contributed by atoms with van der Waals surface area (Å²) in [5, 5.41) is 21.1. The average Bonchev–Trinajstić information content (AvgIpc) is 2.76. The molecule has 0 aliphatic heterocycles. The van der Waals surface area contributed by atoms with Gasteiger partial charge >= 0.3 is 0 Å². The molecule has 0 bridgehead atoms. The lowest BCUT2D eigenvalue weighted by molar-refractivity contribution is -0.122. The highest BCUT2D eigenvalue weighted by atomic mass is 79.9. The van der Waals surface area contributed by atoms with E-state index in [1.807, 2.05) is 39.0 Å². The highest BCUT2D eigenvalue weighted by Gasteiger charge is 2.12. The van der Waals surface area contributed by atoms with Crippen molar-refractivity contribution in [3.63, 3.8) is 0 Å². The summed E-state index contributed by atoms with van der Waals surface area (Å²) >= 11 is 13.1. The largest absolute Gasteiger partial charge is 0.504 e. The second kappa shape index (κ2) is 15.6. The fraction of sp³-hybridized carbons (Fsp3) is 0.286. The number of aromatic hydroxyl groups is 2. The van der Waals surface area contributed by atoms with E-state index >= 15 is 0 Å². The minimum absolute atomic E-state index is 0.0485. The van der Waals surface area contributed by atoms with E-state index in [0.29, 0.717) is 16.0 Å². The van der Waals surface area contributed by atoms with Gasteiger partial charge in [-0.2, -0.15) is 0 Å². The van der Waals surface area contributed by atoms with Crippen LogP contribution in [0.25, 0.3) is 6.08 Å². The number of amides is 1. The Kier molecular flexibility index (Phi) is 14.9. The normalized spacial score (nSPS) is 9.84. The Morgan fingerprint density at radius 1 is 1.10 bits per heavy atom. The molecule has 0 aliphatic rings. The number of ether oxygens (including phenoxy) is 2. The van der Waals surface area contributed by atoms with Crippen LogP contribution in [0.3, 0.4) is 0 Å². The lowest BCUT2D eigenvalue weighted by Gasteiger charge is -2.12. The molecule has 2 rings (SSSR count). The first-order valence-corrected chi connectivity index (χ1v) is 12.2. The van der Waals surface area contributed by atoms with Gasteiger partial charge in [-0.25, -0.2) is 0 Å². The maximum absolute atomic E-state index is 11.1. The number of phenols is 2. The molecule has 0 aromatic heterocycles. The van der Waals surface area contributed by atoms with Crippen molar-refractivity contribution in [2.45, 2.75) is 20.8 Å². The molecular weight excluding hydrogens is 666 g/mol. The van der Waals surface area contributed by atoms with Gasteiger partial charge in [-0.3, -0.25) is 4.79 Å². The highest BCUT2D eigenvalue weighted by molar-refractivity contribution is 9.13. The summed E-state index contributed by atoms with van der Waals surface area (Å²) in [6, 6.07) is 5.08. The monoisotopic (exact) mass is 687 g/mol. The van der Waals surface area contributed by atoms with Crippen molar-refractivity contribution < 1.29 is 24.5 Å². The number of allylic oxidation sites excluding steroid dienone is 1. The zero-order valence-corrected chi connectivity index (χ0v) is 24.1. The van der Waals surface area contributed by atoms with Gasteiger partial charge in [0.1, 0.15) is 0 Å². The van der Waals surface area contributed by atoms with Crippen LogP contribution in [0.1, 0.15) is 26.3 Å². The Morgan fingerprint density at radius 3 is 2.23 bits per heavy atom. The molecule has 0 atom stereocenters. The second-order valence-corrected chi connectivity index (χ2v) is 8.70. The van der Waals surface area contributed by atoms with Gasteiger partial charge in [-0.15, -0.1) is 0 Å². The molecular formula is C21H25Br4NO5. The summed E-state index contributed by atoms with van der Waals surface area (Å²) in [7, 11) is 3.10. The fourth-order valence-electron chi connectivity index (χ4n) is 1.96. The number of methoxy groups -OCH3 is 1. The van der Waals surface area contributed by atoms with E-state index in [1.54, 1.807) is 20.2 Å².